The third kappa shape index (κ3) is 38.4. The first-order chi connectivity index (χ1) is 62.8. The van der Waals surface area contributed by atoms with Gasteiger partial charge in [-0.25, -0.2) is 30.5 Å². The molecule has 0 fully saturated rings. The smallest absolute Gasteiger partial charge is 0.303 e. The van der Waals surface area contributed by atoms with E-state index in [4.69, 9.17) is 11.5 Å². The number of H-pyrrole nitrogens is 1. The summed E-state index contributed by atoms with van der Waals surface area (Å²) in [6, 6.07) is -2.10. The zero-order valence-electron chi connectivity index (χ0n) is 77.8. The van der Waals surface area contributed by atoms with Crippen LogP contribution in [0.5, 0.6) is 5.75 Å². The largest absolute Gasteiger partial charge is 0.508 e. The van der Waals surface area contributed by atoms with Crippen molar-refractivity contribution in [2.45, 2.75) is 301 Å². The Hall–Kier alpha value is -11.2. The Labute approximate surface area is 773 Å². The minimum atomic E-state index is -2.24. The highest BCUT2D eigenvalue weighted by Crippen LogP contribution is 2.25. The van der Waals surface area contributed by atoms with Gasteiger partial charge in [0.1, 0.15) is 41.0 Å². The Morgan fingerprint density at radius 1 is 0.609 bits per heavy atom. The third-order valence-electron chi connectivity index (χ3n) is 23.2. The molecule has 1 aliphatic heterocycles. The van der Waals surface area contributed by atoms with Crippen LogP contribution in [0.1, 0.15) is 208 Å². The molecule has 3 aromatic carbocycles. The van der Waals surface area contributed by atoms with Gasteiger partial charge < -0.3 is 90.0 Å². The van der Waals surface area contributed by atoms with E-state index in [1.807, 2.05) is 26.0 Å². The molecule has 15 atom stereocenters. The number of hydrazine groups is 2. The van der Waals surface area contributed by atoms with Crippen molar-refractivity contribution < 1.29 is 111 Å². The number of phenolic OH excluding ortho intramolecular Hbond substituents is 1. The molecule has 0 aliphatic carbocycles. The number of carbonyl (C=O) groups is 17. The van der Waals surface area contributed by atoms with Crippen LogP contribution >= 0.6 is 0 Å². The topological polar surface area (TPSA) is 607 Å². The lowest BCUT2D eigenvalue weighted by molar-refractivity contribution is -0.143. The number of nitrogens with one attached hydrogen (secondary N) is 15. The number of carboxylic acids is 1. The summed E-state index contributed by atoms with van der Waals surface area (Å²) in [6.45, 7) is 14.7. The van der Waals surface area contributed by atoms with Crippen molar-refractivity contribution in [3.8, 4) is 5.75 Å². The van der Waals surface area contributed by atoms with Crippen LogP contribution in [0.3, 0.4) is 0 Å². The summed E-state index contributed by atoms with van der Waals surface area (Å²) >= 11 is 0. The van der Waals surface area contributed by atoms with E-state index in [-0.39, 0.29) is 112 Å². The van der Waals surface area contributed by atoms with Gasteiger partial charge >= 0.3 is 5.97 Å². The fourth-order valence-corrected chi connectivity index (χ4v) is 14.8. The standard InChI is InChI=1S/C93H137F2N17O21/c1-52(2)25-32-69-87(129)107-93(11,91(133)105-74(51-113)80(122)50-99-54(5)75(117)37-40-98-56(7)78(120)47-96)39-22-18-16-14-12-13-15-17-21-38-92(10,108-88(130)73(44-60-28-31-64(94)65(95)42-60)103-89(131)83(57(8)114)106-86(128)72(41-53(3)4)102-58(9)115)90(132)104-68(34-36-82(124)125)84(126)85(127)71(43-59-26-29-62(116)30-27-59)112-111-70(45-61-48-101-66-24-20-19-23-63(61)66)77(119)46-76(118)55(6)100-49-79(121)67(109-110-69)33-35-81(97)123/h14,16,19-20,23-24,26-31,42,48,52-57,67-74,83,98-101,109-114,116H,12-13,15,17-18,21-22,25,32-41,43-47,49-51,96H2,1-11H3,(H2,97,123)(H,102,115)(H,103,131)(H,104,132)(H,105,133)(H,106,128)(H,107,129)(H,108,130)(H,124,125)/b16-14+/t54-,55-,56-,57+,67-,68-,69-,70-,71-,72-,73-,74-,83-,92+,93-/m0/s1. The number of para-hydroxylation sites is 1. The number of phenols is 1. The number of ketones is 8. The third-order valence-corrected chi connectivity index (χ3v) is 23.2. The number of carboxylic acid groups (broad SMARTS) is 1. The number of aromatic nitrogens is 1. The maximum absolute atomic E-state index is 15.6. The minimum absolute atomic E-state index is 0.0131. The Balaban J connectivity index is 1.63. The SMILES string of the molecule is CC(=O)N[C@@H](CC(C)C)C(=O)N[C@H](C(=O)N[C@@H](Cc1ccc(F)c(F)c1)C(=O)N[C@]1(C)CCCCCC/C=C/CCC[C@@](C)(C(=O)N[C@@H](CO)C(=O)CN[C@@H](C)C(=O)CCN[C@@H](C)C(=O)CN)NC(=O)[C@H](CCC(C)C)NN[C@@H](CCC(N)=O)C(=O)CN[C@@H](C)C(=O)CC(=O)[C@H](Cc2c[nH]c3ccccc23)NN[C@@H](Cc2ccc(O)cc2)C(=O)C(=O)[C@H](CCC(=O)O)NC1=O)[C@@H](C)O. The van der Waals surface area contributed by atoms with Crippen LogP contribution in [-0.4, -0.2) is 247 Å². The van der Waals surface area contributed by atoms with E-state index >= 15 is 23.6 Å². The molecule has 1 aliphatic rings. The van der Waals surface area contributed by atoms with E-state index in [0.717, 1.165) is 32.0 Å². The molecule has 5 rings (SSSR count). The number of nitrogens with two attached hydrogens (primary N) is 2. The van der Waals surface area contributed by atoms with Crippen LogP contribution < -0.4 is 86.3 Å². The molecule has 8 amide bonds. The normalized spacial score (nSPS) is 22.2. The number of carbonyl (C=O) groups excluding carboxylic acids is 16. The molecule has 4 aromatic rings. The number of rotatable bonds is 39. The number of fused-ring (bicyclic) bond motifs is 1. The summed E-state index contributed by atoms with van der Waals surface area (Å²) < 4.78 is 29.7. The summed E-state index contributed by atoms with van der Waals surface area (Å²) in [6.07, 6.45) is 1.56. The molecule has 0 bridgehead atoms. The lowest BCUT2D eigenvalue weighted by Gasteiger charge is -2.34. The molecule has 0 unspecified atom stereocenters. The molecule has 0 spiro atoms. The maximum Gasteiger partial charge on any atom is 0.303 e. The Morgan fingerprint density at radius 3 is 1.88 bits per heavy atom. The fraction of sp³-hybridized carbons (Fsp3) is 0.581. The number of Topliss-reactive ketones (excluding diaryl/α,β-unsaturated/α-hetero) is 8. The monoisotopic (exact) mass is 1870 g/mol. The first-order valence-electron chi connectivity index (χ1n) is 45.3. The van der Waals surface area contributed by atoms with E-state index in [1.54, 1.807) is 51.2 Å². The molecule has 0 saturated carbocycles. The van der Waals surface area contributed by atoms with Crippen LogP contribution in [0.25, 0.3) is 10.9 Å². The number of benzene rings is 3. The van der Waals surface area contributed by atoms with Crippen LogP contribution in [-0.2, 0) is 101 Å². The van der Waals surface area contributed by atoms with Crippen molar-refractivity contribution >= 4 is 110 Å². The first-order valence-corrected chi connectivity index (χ1v) is 45.3. The number of allylic oxidation sites excluding steroid dienone is 2. The molecule has 0 radical (unpaired) electrons. The van der Waals surface area contributed by atoms with Gasteiger partial charge in [0.05, 0.1) is 87.1 Å². The Kier molecular flexibility index (Phi) is 47.4. The highest BCUT2D eigenvalue weighted by molar-refractivity contribution is 6.41. The molecular weight excluding hydrogens is 1730 g/mol. The molecule has 1 aromatic heterocycles. The number of aromatic amines is 1. The number of aliphatic hydroxyl groups excluding tert-OH is 2. The summed E-state index contributed by atoms with van der Waals surface area (Å²) in [5.41, 5.74) is 19.8. The number of aliphatic hydroxyl groups is 2. The quantitative estimate of drug-likeness (QED) is 0.0170. The van der Waals surface area contributed by atoms with Crippen molar-refractivity contribution in [1.82, 2.24) is 79.9 Å². The highest BCUT2D eigenvalue weighted by atomic mass is 19.2. The van der Waals surface area contributed by atoms with Crippen LogP contribution in [0, 0.1) is 23.5 Å². The fourth-order valence-electron chi connectivity index (χ4n) is 14.8. The second kappa shape index (κ2) is 56.1. The molecule has 734 valence electrons. The van der Waals surface area contributed by atoms with Gasteiger partial charge in [0, 0.05) is 56.3 Å². The second-order valence-corrected chi connectivity index (χ2v) is 35.5. The zero-order valence-corrected chi connectivity index (χ0v) is 77.8. The van der Waals surface area contributed by atoms with Crippen molar-refractivity contribution in [3.05, 3.63) is 113 Å². The number of hydrogen-bond acceptors (Lipinski definition) is 28. The Morgan fingerprint density at radius 2 is 1.24 bits per heavy atom. The summed E-state index contributed by atoms with van der Waals surface area (Å²) in [4.78, 5) is 243. The highest BCUT2D eigenvalue weighted by Gasteiger charge is 2.44. The van der Waals surface area contributed by atoms with E-state index in [1.165, 1.54) is 52.0 Å². The van der Waals surface area contributed by atoms with Gasteiger partial charge in [-0.05, 0) is 184 Å². The zero-order chi connectivity index (χ0) is 99.0. The van der Waals surface area contributed by atoms with Gasteiger partial charge in [0.2, 0.25) is 58.8 Å². The van der Waals surface area contributed by atoms with E-state index in [2.05, 4.69) is 79.9 Å². The molecule has 23 N–H and O–H groups in total. The van der Waals surface area contributed by atoms with Crippen molar-refractivity contribution in [1.29, 1.82) is 0 Å². The van der Waals surface area contributed by atoms with Gasteiger partial charge in [0.25, 0.3) is 0 Å². The van der Waals surface area contributed by atoms with Gasteiger partial charge in [-0.1, -0.05) is 95.5 Å². The molecule has 2 heterocycles. The number of halogens is 2. The van der Waals surface area contributed by atoms with E-state index < -0.39 is 241 Å². The molecule has 40 heteroatoms. The van der Waals surface area contributed by atoms with Crippen LogP contribution in [0.15, 0.2) is 85.1 Å². The van der Waals surface area contributed by atoms with Crippen molar-refractivity contribution in [3.63, 3.8) is 0 Å². The number of amides is 8. The van der Waals surface area contributed by atoms with E-state index in [0.29, 0.717) is 60.6 Å². The van der Waals surface area contributed by atoms with Gasteiger partial charge in [-0.15, -0.1) is 0 Å². The van der Waals surface area contributed by atoms with Gasteiger partial charge in [0.15, 0.2) is 46.3 Å². The van der Waals surface area contributed by atoms with Gasteiger partial charge in [-0.3, -0.25) is 81.5 Å². The lowest BCUT2D eigenvalue weighted by Crippen LogP contribution is -2.65. The van der Waals surface area contributed by atoms with E-state index in [9.17, 15) is 87.1 Å². The van der Waals surface area contributed by atoms with Crippen molar-refractivity contribution in [2.75, 3.05) is 32.8 Å². The summed E-state index contributed by atoms with van der Waals surface area (Å²) in [5.74, 6) is -18.4. The summed E-state index contributed by atoms with van der Waals surface area (Å²) in [5, 5.41) is 69.5. The average molecular weight is 1870 g/mol. The van der Waals surface area contributed by atoms with Crippen LogP contribution in [0.4, 0.5) is 8.78 Å². The predicted molar refractivity (Wildman–Crippen MR) is 489 cm³/mol. The molecular formula is C93H137F2N17O21. The number of aliphatic carboxylic acids is 1. The first kappa shape index (κ1) is 112. The molecule has 0 saturated heterocycles. The lowest BCUT2D eigenvalue weighted by atomic mass is 9.90. The van der Waals surface area contributed by atoms with Crippen molar-refractivity contribution in [2.24, 2.45) is 23.3 Å². The minimum Gasteiger partial charge on any atom is -0.508 e. The Bertz CT molecular complexity index is 4680. The second-order valence-electron chi connectivity index (χ2n) is 35.5. The van der Waals surface area contributed by atoms with Crippen LogP contribution in [0.2, 0.25) is 0 Å². The predicted octanol–water partition coefficient (Wildman–Crippen LogP) is 1.33. The summed E-state index contributed by atoms with van der Waals surface area (Å²) in [7, 11) is 0. The average Bonchev–Trinajstić information content (AvgIpc) is 1.63. The molecule has 133 heavy (non-hydrogen) atoms. The number of primary amides is 1. The molecule has 38 nitrogen and oxygen atoms in total. The van der Waals surface area contributed by atoms with Gasteiger partial charge in [-0.2, -0.15) is 0 Å². The number of aromatic hydroxyl groups is 1. The maximum atomic E-state index is 15.6. The number of hydrogen-bond donors (Lipinski definition) is 21.